The van der Waals surface area contributed by atoms with Crippen molar-refractivity contribution in [2.45, 2.75) is 70.7 Å². The highest BCUT2D eigenvalue weighted by Gasteiger charge is 2.41. The van der Waals surface area contributed by atoms with Gasteiger partial charge in [-0.2, -0.15) is 0 Å². The molecule has 1 heterocycles. The highest BCUT2D eigenvalue weighted by atomic mass is 16.6. The van der Waals surface area contributed by atoms with Gasteiger partial charge in [-0.05, 0) is 39.2 Å². The molecule has 1 aromatic rings. The zero-order valence-corrected chi connectivity index (χ0v) is 19.0. The molecule has 1 aromatic carbocycles. The summed E-state index contributed by atoms with van der Waals surface area (Å²) in [5.41, 5.74) is 0.195. The number of aliphatic carboxylic acids is 1. The molecule has 172 valence electrons. The fourth-order valence-electron chi connectivity index (χ4n) is 3.88. The molecule has 1 aliphatic heterocycles. The number of methoxy groups -OCH3 is 1. The third kappa shape index (κ3) is 6.95. The van der Waals surface area contributed by atoms with Gasteiger partial charge in [0.2, 0.25) is 5.91 Å². The lowest BCUT2D eigenvalue weighted by atomic mass is 9.94. The smallest absolute Gasteiger partial charge is 0.410 e. The molecule has 0 radical (unpaired) electrons. The van der Waals surface area contributed by atoms with E-state index in [1.54, 1.807) is 32.6 Å². The van der Waals surface area contributed by atoms with Gasteiger partial charge >= 0.3 is 12.1 Å². The normalized spacial score (nSPS) is 19.4. The monoisotopic (exact) mass is 434 g/mol. The quantitative estimate of drug-likeness (QED) is 0.652. The van der Waals surface area contributed by atoms with E-state index >= 15 is 0 Å². The molecule has 0 aliphatic carbocycles. The lowest BCUT2D eigenvalue weighted by molar-refractivity contribution is -0.143. The molecule has 0 aromatic heterocycles. The van der Waals surface area contributed by atoms with Gasteiger partial charge in [-0.25, -0.2) is 9.59 Å². The van der Waals surface area contributed by atoms with Crippen molar-refractivity contribution in [3.63, 3.8) is 0 Å². The fraction of sp³-hybridized carbons (Fsp3) is 0.609. The van der Waals surface area contributed by atoms with E-state index in [0.29, 0.717) is 13.0 Å². The number of hydrogen-bond acceptors (Lipinski definition) is 5. The number of nitrogens with one attached hydrogen (secondary N) is 1. The summed E-state index contributed by atoms with van der Waals surface area (Å²) in [6.45, 7) is 7.63. The van der Waals surface area contributed by atoms with Crippen LogP contribution in [-0.4, -0.2) is 65.4 Å². The summed E-state index contributed by atoms with van der Waals surface area (Å²) >= 11 is 0. The molecule has 0 bridgehead atoms. The zero-order chi connectivity index (χ0) is 23.2. The van der Waals surface area contributed by atoms with E-state index in [9.17, 15) is 19.5 Å². The Morgan fingerprint density at radius 3 is 2.42 bits per heavy atom. The standard InChI is InChI=1S/C23H34N2O6/c1-15(20(26)24-17(21(27)28)14-16-10-7-6-8-11-16)19(30-5)18-12-9-13-25(18)22(29)31-23(2,3)4/h6-8,10-11,15,17-19H,9,12-14H2,1-5H3,(H,24,26)(H,27,28). The van der Waals surface area contributed by atoms with Crippen LogP contribution in [-0.2, 0) is 25.5 Å². The maximum absolute atomic E-state index is 12.9. The molecular formula is C23H34N2O6. The Morgan fingerprint density at radius 1 is 1.23 bits per heavy atom. The molecule has 8 nitrogen and oxygen atoms in total. The first-order chi connectivity index (χ1) is 14.5. The first kappa shape index (κ1) is 24.7. The van der Waals surface area contributed by atoms with E-state index in [2.05, 4.69) is 5.32 Å². The Hall–Kier alpha value is -2.61. The van der Waals surface area contributed by atoms with Gasteiger partial charge in [0.1, 0.15) is 11.6 Å². The van der Waals surface area contributed by atoms with Crippen LogP contribution in [0, 0.1) is 5.92 Å². The van der Waals surface area contributed by atoms with E-state index in [0.717, 1.165) is 12.0 Å². The van der Waals surface area contributed by atoms with Crippen LogP contribution >= 0.6 is 0 Å². The molecule has 0 saturated carbocycles. The van der Waals surface area contributed by atoms with Crippen LogP contribution < -0.4 is 5.32 Å². The molecule has 2 amide bonds. The molecule has 1 aliphatic rings. The summed E-state index contributed by atoms with van der Waals surface area (Å²) in [5.74, 6) is -2.18. The number of nitrogens with zero attached hydrogens (tertiary/aromatic N) is 1. The van der Waals surface area contributed by atoms with Gasteiger partial charge in [0.05, 0.1) is 18.1 Å². The van der Waals surface area contributed by atoms with Gasteiger partial charge in [-0.15, -0.1) is 0 Å². The van der Waals surface area contributed by atoms with Crippen LogP contribution in [0.1, 0.15) is 46.1 Å². The molecule has 8 heteroatoms. The van der Waals surface area contributed by atoms with Gasteiger partial charge in [0.25, 0.3) is 0 Å². The number of benzene rings is 1. The maximum Gasteiger partial charge on any atom is 0.410 e. The number of ether oxygens (including phenoxy) is 2. The number of rotatable bonds is 8. The Balaban J connectivity index is 2.08. The molecule has 4 unspecified atom stereocenters. The predicted octanol–water partition coefficient (Wildman–Crippen LogP) is 2.85. The van der Waals surface area contributed by atoms with Crippen molar-refractivity contribution in [1.29, 1.82) is 0 Å². The van der Waals surface area contributed by atoms with E-state index in [-0.39, 0.29) is 12.5 Å². The average Bonchev–Trinajstić information content (AvgIpc) is 3.17. The second-order valence-electron chi connectivity index (χ2n) is 8.96. The lowest BCUT2D eigenvalue weighted by Crippen LogP contribution is -2.52. The number of likely N-dealkylation sites (tertiary alicyclic amines) is 1. The number of amides is 2. The number of carbonyl (C=O) groups is 3. The highest BCUT2D eigenvalue weighted by molar-refractivity contribution is 5.85. The summed E-state index contributed by atoms with van der Waals surface area (Å²) in [7, 11) is 1.50. The van der Waals surface area contributed by atoms with Crippen molar-refractivity contribution in [3.8, 4) is 0 Å². The van der Waals surface area contributed by atoms with Crippen LogP contribution in [0.25, 0.3) is 0 Å². The summed E-state index contributed by atoms with van der Waals surface area (Å²) < 4.78 is 11.1. The van der Waals surface area contributed by atoms with Crippen LogP contribution in [0.4, 0.5) is 4.79 Å². The van der Waals surface area contributed by atoms with Crippen molar-refractivity contribution in [3.05, 3.63) is 35.9 Å². The lowest BCUT2D eigenvalue weighted by Gasteiger charge is -2.35. The topological polar surface area (TPSA) is 105 Å². The number of carboxylic acid groups (broad SMARTS) is 1. The SMILES string of the molecule is COC(C(C)C(=O)NC(Cc1ccccc1)C(=O)O)C1CCCN1C(=O)OC(C)(C)C. The maximum atomic E-state index is 12.9. The summed E-state index contributed by atoms with van der Waals surface area (Å²) in [6.07, 6.45) is 0.629. The van der Waals surface area contributed by atoms with Gasteiger partial charge < -0.3 is 24.8 Å². The summed E-state index contributed by atoms with van der Waals surface area (Å²) in [4.78, 5) is 38.9. The van der Waals surface area contributed by atoms with E-state index in [1.165, 1.54) is 7.11 Å². The van der Waals surface area contributed by atoms with E-state index < -0.39 is 41.6 Å². The molecular weight excluding hydrogens is 400 g/mol. The van der Waals surface area contributed by atoms with Gasteiger partial charge in [0.15, 0.2) is 0 Å². The van der Waals surface area contributed by atoms with Crippen molar-refractivity contribution >= 4 is 18.0 Å². The molecule has 2 rings (SSSR count). The third-order valence-corrected chi connectivity index (χ3v) is 5.38. The Labute approximate surface area is 183 Å². The van der Waals surface area contributed by atoms with Crippen LogP contribution in [0.15, 0.2) is 30.3 Å². The van der Waals surface area contributed by atoms with Crippen molar-refractivity contribution in [2.24, 2.45) is 5.92 Å². The minimum Gasteiger partial charge on any atom is -0.480 e. The first-order valence-electron chi connectivity index (χ1n) is 10.6. The third-order valence-electron chi connectivity index (χ3n) is 5.38. The first-order valence-corrected chi connectivity index (χ1v) is 10.6. The van der Waals surface area contributed by atoms with Gasteiger partial charge in [-0.1, -0.05) is 37.3 Å². The van der Waals surface area contributed by atoms with Gasteiger partial charge in [0, 0.05) is 20.1 Å². The van der Waals surface area contributed by atoms with Crippen LogP contribution in [0.2, 0.25) is 0 Å². The zero-order valence-electron chi connectivity index (χ0n) is 19.0. The number of hydrogen-bond donors (Lipinski definition) is 2. The summed E-state index contributed by atoms with van der Waals surface area (Å²) in [5, 5.41) is 12.2. The Morgan fingerprint density at radius 2 is 1.87 bits per heavy atom. The predicted molar refractivity (Wildman–Crippen MR) is 116 cm³/mol. The van der Waals surface area contributed by atoms with E-state index in [4.69, 9.17) is 9.47 Å². The molecule has 31 heavy (non-hydrogen) atoms. The van der Waals surface area contributed by atoms with Crippen molar-refractivity contribution in [1.82, 2.24) is 10.2 Å². The molecule has 0 spiro atoms. The largest absolute Gasteiger partial charge is 0.480 e. The van der Waals surface area contributed by atoms with Gasteiger partial charge in [-0.3, -0.25) is 4.79 Å². The Kier molecular flexibility index (Phi) is 8.44. The van der Waals surface area contributed by atoms with Crippen LogP contribution in [0.5, 0.6) is 0 Å². The van der Waals surface area contributed by atoms with Crippen molar-refractivity contribution < 1.29 is 29.0 Å². The summed E-state index contributed by atoms with van der Waals surface area (Å²) in [6, 6.07) is 7.76. The van der Waals surface area contributed by atoms with Crippen molar-refractivity contribution in [2.75, 3.05) is 13.7 Å². The second kappa shape index (κ2) is 10.6. The Bertz CT molecular complexity index is 761. The molecule has 4 atom stereocenters. The minimum absolute atomic E-state index is 0.180. The van der Waals surface area contributed by atoms with E-state index in [1.807, 2.05) is 30.3 Å². The number of carbonyl (C=O) groups excluding carboxylic acids is 2. The molecule has 2 N–H and O–H groups in total. The second-order valence-corrected chi connectivity index (χ2v) is 8.96. The minimum atomic E-state index is -1.10. The average molecular weight is 435 g/mol. The number of carboxylic acids is 1. The highest BCUT2D eigenvalue weighted by Crippen LogP contribution is 2.28. The molecule has 1 saturated heterocycles. The van der Waals surface area contributed by atoms with Crippen LogP contribution in [0.3, 0.4) is 0 Å². The fourth-order valence-corrected chi connectivity index (χ4v) is 3.88. The molecule has 1 fully saturated rings.